The third-order valence-corrected chi connectivity index (χ3v) is 3.69. The van der Waals surface area contributed by atoms with Crippen LogP contribution in [0.4, 0.5) is 0 Å². The minimum Gasteiger partial charge on any atom is -0.484 e. The van der Waals surface area contributed by atoms with E-state index in [0.29, 0.717) is 12.2 Å². The summed E-state index contributed by atoms with van der Waals surface area (Å²) >= 11 is 0. The summed E-state index contributed by atoms with van der Waals surface area (Å²) in [5.41, 5.74) is 4.77. The number of unbranched alkanes of at least 4 members (excludes halogenated alkanes) is 3. The summed E-state index contributed by atoms with van der Waals surface area (Å²) in [7, 11) is 0. The normalized spacial score (nSPS) is 10.4. The van der Waals surface area contributed by atoms with E-state index in [1.807, 2.05) is 42.5 Å². The van der Waals surface area contributed by atoms with Crippen molar-refractivity contribution in [3.8, 4) is 5.75 Å². The minimum atomic E-state index is -0.384. The van der Waals surface area contributed by atoms with E-state index < -0.39 is 0 Å². The molecule has 0 aliphatic rings. The summed E-state index contributed by atoms with van der Waals surface area (Å²) < 4.78 is 5.46. The van der Waals surface area contributed by atoms with E-state index in [0.717, 1.165) is 36.5 Å². The Morgan fingerprint density at radius 1 is 0.917 bits per heavy atom. The van der Waals surface area contributed by atoms with Gasteiger partial charge in [0.2, 0.25) is 5.91 Å². The molecule has 0 aliphatic carbocycles. The number of carbonyl (C=O) groups excluding carboxylic acids is 2. The van der Waals surface area contributed by atoms with Crippen molar-refractivity contribution in [1.82, 2.24) is 10.9 Å². The van der Waals surface area contributed by atoms with Crippen molar-refractivity contribution < 1.29 is 14.3 Å². The number of hydrogen-bond acceptors (Lipinski definition) is 3. The number of carbonyl (C=O) groups is 2. The maximum Gasteiger partial charge on any atom is 0.276 e. The molecule has 5 nitrogen and oxygen atoms in total. The average molecular weight is 328 g/mol. The number of hydrogen-bond donors (Lipinski definition) is 2. The molecule has 0 saturated heterocycles. The van der Waals surface area contributed by atoms with E-state index in [4.69, 9.17) is 4.74 Å². The first-order valence-corrected chi connectivity index (χ1v) is 8.38. The second kappa shape index (κ2) is 9.55. The maximum absolute atomic E-state index is 11.7. The monoisotopic (exact) mass is 328 g/mol. The Kier molecular flexibility index (Phi) is 7.08. The number of nitrogens with one attached hydrogen (secondary N) is 2. The molecule has 0 bridgehead atoms. The average Bonchev–Trinajstić information content (AvgIpc) is 2.61. The van der Waals surface area contributed by atoms with Gasteiger partial charge in [-0.3, -0.25) is 20.4 Å². The Balaban J connectivity index is 1.69. The highest BCUT2D eigenvalue weighted by Crippen LogP contribution is 2.20. The summed E-state index contributed by atoms with van der Waals surface area (Å²) in [4.78, 5) is 23.3. The minimum absolute atomic E-state index is 0.144. The van der Waals surface area contributed by atoms with Gasteiger partial charge in [0.25, 0.3) is 5.91 Å². The molecule has 0 atom stereocenters. The molecule has 24 heavy (non-hydrogen) atoms. The lowest BCUT2D eigenvalue weighted by Gasteiger charge is -2.09. The van der Waals surface area contributed by atoms with E-state index in [2.05, 4.69) is 17.8 Å². The van der Waals surface area contributed by atoms with Crippen molar-refractivity contribution in [2.75, 3.05) is 6.61 Å². The van der Waals surface area contributed by atoms with Crippen molar-refractivity contribution in [2.45, 2.75) is 39.0 Å². The molecule has 0 aliphatic heterocycles. The van der Waals surface area contributed by atoms with Crippen LogP contribution < -0.4 is 15.6 Å². The van der Waals surface area contributed by atoms with Gasteiger partial charge in [-0.2, -0.15) is 0 Å². The van der Waals surface area contributed by atoms with Crippen molar-refractivity contribution in [3.05, 3.63) is 42.5 Å². The number of hydrazine groups is 1. The van der Waals surface area contributed by atoms with Crippen LogP contribution in [0.15, 0.2) is 42.5 Å². The summed E-state index contributed by atoms with van der Waals surface area (Å²) in [5, 5.41) is 2.17. The highest BCUT2D eigenvalue weighted by atomic mass is 16.5. The molecular formula is C19H24N2O3. The van der Waals surface area contributed by atoms with Crippen molar-refractivity contribution >= 4 is 22.6 Å². The van der Waals surface area contributed by atoms with Gasteiger partial charge < -0.3 is 4.74 Å². The van der Waals surface area contributed by atoms with Crippen molar-refractivity contribution in [1.29, 1.82) is 0 Å². The van der Waals surface area contributed by atoms with Gasteiger partial charge in [-0.1, -0.05) is 56.5 Å². The zero-order valence-electron chi connectivity index (χ0n) is 14.0. The molecule has 2 N–H and O–H groups in total. The Morgan fingerprint density at radius 2 is 1.67 bits per heavy atom. The second-order valence-electron chi connectivity index (χ2n) is 5.70. The molecule has 0 heterocycles. The first kappa shape index (κ1) is 17.8. The Bertz CT molecular complexity index is 685. The van der Waals surface area contributed by atoms with Gasteiger partial charge >= 0.3 is 0 Å². The molecule has 2 aromatic rings. The number of fused-ring (bicyclic) bond motifs is 1. The molecule has 128 valence electrons. The SMILES string of the molecule is CCCCCCC(=O)NNC(=O)COc1ccc2ccccc2c1. The lowest BCUT2D eigenvalue weighted by molar-refractivity contribution is -0.130. The van der Waals surface area contributed by atoms with Gasteiger partial charge in [-0.25, -0.2) is 0 Å². The van der Waals surface area contributed by atoms with E-state index in [-0.39, 0.29) is 18.4 Å². The molecule has 0 saturated carbocycles. The molecule has 0 unspecified atom stereocenters. The molecule has 0 radical (unpaired) electrons. The van der Waals surface area contributed by atoms with Crippen molar-refractivity contribution in [3.63, 3.8) is 0 Å². The second-order valence-corrected chi connectivity index (χ2v) is 5.70. The number of rotatable bonds is 8. The Hall–Kier alpha value is -2.56. The zero-order chi connectivity index (χ0) is 17.2. The highest BCUT2D eigenvalue weighted by molar-refractivity contribution is 5.84. The van der Waals surface area contributed by atoms with Gasteiger partial charge in [0.1, 0.15) is 5.75 Å². The molecular weight excluding hydrogens is 304 g/mol. The van der Waals surface area contributed by atoms with E-state index >= 15 is 0 Å². The third-order valence-electron chi connectivity index (χ3n) is 3.69. The van der Waals surface area contributed by atoms with Crippen LogP contribution in [0.3, 0.4) is 0 Å². The summed E-state index contributed by atoms with van der Waals surface area (Å²) in [6, 6.07) is 13.6. The van der Waals surface area contributed by atoms with E-state index in [1.54, 1.807) is 0 Å². The molecule has 0 aromatic heterocycles. The standard InChI is InChI=1S/C19H24N2O3/c1-2-3-4-5-10-18(22)20-21-19(23)14-24-17-12-11-15-8-6-7-9-16(15)13-17/h6-9,11-13H,2-5,10,14H2,1H3,(H,20,22)(H,21,23). The van der Waals surface area contributed by atoms with Crippen LogP contribution in [0.1, 0.15) is 39.0 Å². The lowest BCUT2D eigenvalue weighted by atomic mass is 10.1. The molecule has 0 fully saturated rings. The number of amides is 2. The topological polar surface area (TPSA) is 67.4 Å². The molecule has 2 amide bonds. The van der Waals surface area contributed by atoms with Crippen LogP contribution in [0.2, 0.25) is 0 Å². The largest absolute Gasteiger partial charge is 0.484 e. The van der Waals surface area contributed by atoms with Gasteiger partial charge in [-0.15, -0.1) is 0 Å². The van der Waals surface area contributed by atoms with Gasteiger partial charge in [0, 0.05) is 6.42 Å². The molecule has 2 rings (SSSR count). The predicted octanol–water partition coefficient (Wildman–Crippen LogP) is 3.34. The Morgan fingerprint density at radius 3 is 2.46 bits per heavy atom. The molecule has 0 spiro atoms. The third kappa shape index (κ3) is 5.91. The van der Waals surface area contributed by atoms with Crippen LogP contribution in [0, 0.1) is 0 Å². The van der Waals surface area contributed by atoms with Crippen LogP contribution in [0.5, 0.6) is 5.75 Å². The van der Waals surface area contributed by atoms with E-state index in [1.165, 1.54) is 0 Å². The lowest BCUT2D eigenvalue weighted by Crippen LogP contribution is -2.43. The van der Waals surface area contributed by atoms with E-state index in [9.17, 15) is 9.59 Å². The highest BCUT2D eigenvalue weighted by Gasteiger charge is 2.06. The summed E-state index contributed by atoms with van der Waals surface area (Å²) in [6.07, 6.45) is 4.54. The van der Waals surface area contributed by atoms with Crippen LogP contribution >= 0.6 is 0 Å². The van der Waals surface area contributed by atoms with Gasteiger partial charge in [0.05, 0.1) is 0 Å². The summed E-state index contributed by atoms with van der Waals surface area (Å²) in [5.74, 6) is 0.0602. The van der Waals surface area contributed by atoms with Crippen molar-refractivity contribution in [2.24, 2.45) is 0 Å². The Labute approximate surface area is 142 Å². The first-order valence-electron chi connectivity index (χ1n) is 8.38. The van der Waals surface area contributed by atoms with Crippen LogP contribution in [-0.4, -0.2) is 18.4 Å². The van der Waals surface area contributed by atoms with Gasteiger partial charge in [0.15, 0.2) is 6.61 Å². The zero-order valence-corrected chi connectivity index (χ0v) is 14.0. The maximum atomic E-state index is 11.7. The number of benzene rings is 2. The molecule has 5 heteroatoms. The quantitative estimate of drug-likeness (QED) is 0.577. The number of ether oxygens (including phenoxy) is 1. The van der Waals surface area contributed by atoms with Gasteiger partial charge in [-0.05, 0) is 29.3 Å². The fourth-order valence-corrected chi connectivity index (χ4v) is 2.36. The van der Waals surface area contributed by atoms with Crippen LogP contribution in [0.25, 0.3) is 10.8 Å². The van der Waals surface area contributed by atoms with Crippen LogP contribution in [-0.2, 0) is 9.59 Å². The smallest absolute Gasteiger partial charge is 0.276 e. The summed E-state index contributed by atoms with van der Waals surface area (Å²) in [6.45, 7) is 1.98. The predicted molar refractivity (Wildman–Crippen MR) is 94.5 cm³/mol. The molecule has 2 aromatic carbocycles. The fourth-order valence-electron chi connectivity index (χ4n) is 2.36. The first-order chi connectivity index (χ1) is 11.7. The fraction of sp³-hybridized carbons (Fsp3) is 0.368.